The largest absolute Gasteiger partial charge is 0.345 e. The van der Waals surface area contributed by atoms with E-state index < -0.39 is 0 Å². The number of hydrogen-bond acceptors (Lipinski definition) is 1. The van der Waals surface area contributed by atoms with Gasteiger partial charge >= 0.3 is 0 Å². The van der Waals surface area contributed by atoms with Crippen molar-refractivity contribution >= 4 is 11.4 Å². The fourth-order valence-corrected chi connectivity index (χ4v) is 1.65. The molecule has 0 saturated heterocycles. The van der Waals surface area contributed by atoms with E-state index in [4.69, 9.17) is 0 Å². The topological polar surface area (TPSA) is 24.7 Å². The Hall–Kier alpha value is -1.77. The summed E-state index contributed by atoms with van der Waals surface area (Å²) in [6, 6.07) is 7.82. The Labute approximate surface area is 88.9 Å². The monoisotopic (exact) mass is 202 g/mol. The maximum atomic E-state index is 11.7. The lowest BCUT2D eigenvalue weighted by atomic mass is 10.2. The van der Waals surface area contributed by atoms with E-state index in [1.807, 2.05) is 37.4 Å². The average molecular weight is 202 g/mol. The Balaban J connectivity index is 2.52. The Morgan fingerprint density at radius 3 is 2.67 bits per heavy atom. The van der Waals surface area contributed by atoms with Crippen molar-refractivity contribution < 1.29 is 4.79 Å². The molecule has 0 saturated carbocycles. The number of nitrogens with zero attached hydrogens (tertiary/aromatic N) is 2. The van der Waals surface area contributed by atoms with Gasteiger partial charge in [0.25, 0.3) is 5.91 Å². The van der Waals surface area contributed by atoms with E-state index in [1.165, 1.54) is 5.69 Å². The van der Waals surface area contributed by atoms with Gasteiger partial charge in [-0.2, -0.15) is 0 Å². The predicted molar refractivity (Wildman–Crippen MR) is 60.2 cm³/mol. The first-order valence-electron chi connectivity index (χ1n) is 4.89. The molecule has 78 valence electrons. The minimum Gasteiger partial charge on any atom is -0.345 e. The van der Waals surface area contributed by atoms with Crippen LogP contribution in [0, 0.1) is 6.92 Å². The van der Waals surface area contributed by atoms with E-state index in [2.05, 4.69) is 4.40 Å². The van der Waals surface area contributed by atoms with E-state index in [0.717, 1.165) is 11.1 Å². The number of rotatable bonds is 1. The van der Waals surface area contributed by atoms with E-state index in [1.54, 1.807) is 19.0 Å². The molecule has 0 fully saturated rings. The van der Waals surface area contributed by atoms with Crippen LogP contribution in [0.2, 0.25) is 0 Å². The van der Waals surface area contributed by atoms with E-state index >= 15 is 0 Å². The fourth-order valence-electron chi connectivity index (χ4n) is 1.65. The Morgan fingerprint density at radius 1 is 1.27 bits per heavy atom. The van der Waals surface area contributed by atoms with Gasteiger partial charge in [0.05, 0.1) is 0 Å². The van der Waals surface area contributed by atoms with Crippen molar-refractivity contribution in [3.05, 3.63) is 41.7 Å². The molecule has 0 aliphatic carbocycles. The Kier molecular flexibility index (Phi) is 2.23. The zero-order valence-electron chi connectivity index (χ0n) is 9.19. The van der Waals surface area contributed by atoms with E-state index in [-0.39, 0.29) is 5.91 Å². The second-order valence-corrected chi connectivity index (χ2v) is 3.88. The van der Waals surface area contributed by atoms with E-state index in [0.29, 0.717) is 0 Å². The average Bonchev–Trinajstić information content (AvgIpc) is 2.59. The van der Waals surface area contributed by atoms with Gasteiger partial charge in [0.1, 0.15) is 0 Å². The maximum absolute atomic E-state index is 11.7. The molecule has 0 aliphatic rings. The van der Waals surface area contributed by atoms with Crippen molar-refractivity contribution in [1.82, 2.24) is 9.30 Å². The fraction of sp³-hybridized carbons (Fsp3) is 0.250. The summed E-state index contributed by atoms with van der Waals surface area (Å²) in [6.45, 7) is 2.04. The summed E-state index contributed by atoms with van der Waals surface area (Å²) in [6.07, 6.45) is 1.93. The maximum Gasteiger partial charge on any atom is 0.253 e. The molecule has 1 amide bonds. The van der Waals surface area contributed by atoms with Crippen LogP contribution in [-0.2, 0) is 0 Å². The van der Waals surface area contributed by atoms with Crippen molar-refractivity contribution in [3.8, 4) is 0 Å². The molecule has 0 aliphatic heterocycles. The summed E-state index contributed by atoms with van der Waals surface area (Å²) in [7, 11) is 3.52. The van der Waals surface area contributed by atoms with Crippen LogP contribution in [0.25, 0.3) is 5.52 Å². The number of pyridine rings is 1. The normalized spacial score (nSPS) is 10.6. The SMILES string of the molecule is Cc1ccc2cc(C(=O)N(C)C)ccn12. The minimum absolute atomic E-state index is 0.0383. The molecule has 2 rings (SSSR count). The van der Waals surface area contributed by atoms with Crippen LogP contribution >= 0.6 is 0 Å². The van der Waals surface area contributed by atoms with Gasteiger partial charge in [-0.05, 0) is 31.2 Å². The van der Waals surface area contributed by atoms with Crippen LogP contribution in [-0.4, -0.2) is 29.3 Å². The van der Waals surface area contributed by atoms with Crippen molar-refractivity contribution in [2.75, 3.05) is 14.1 Å². The summed E-state index contributed by atoms with van der Waals surface area (Å²) in [5.74, 6) is 0.0383. The predicted octanol–water partition coefficient (Wildman–Crippen LogP) is 1.95. The lowest BCUT2D eigenvalue weighted by molar-refractivity contribution is 0.0827. The molecule has 0 N–H and O–H groups in total. The molecular weight excluding hydrogens is 188 g/mol. The molecule has 2 heterocycles. The van der Waals surface area contributed by atoms with Gasteiger partial charge in [-0.3, -0.25) is 4.79 Å². The summed E-state index contributed by atoms with van der Waals surface area (Å²) in [5.41, 5.74) is 2.96. The zero-order chi connectivity index (χ0) is 11.0. The van der Waals surface area contributed by atoms with Crippen molar-refractivity contribution in [2.24, 2.45) is 0 Å². The Bertz CT molecular complexity index is 511. The van der Waals surface area contributed by atoms with Gasteiger partial charge in [0, 0.05) is 37.1 Å². The molecule has 2 aromatic rings. The first-order valence-corrected chi connectivity index (χ1v) is 4.89. The highest BCUT2D eigenvalue weighted by atomic mass is 16.2. The van der Waals surface area contributed by atoms with Crippen LogP contribution in [0.1, 0.15) is 16.1 Å². The number of hydrogen-bond donors (Lipinski definition) is 0. The van der Waals surface area contributed by atoms with Gasteiger partial charge < -0.3 is 9.30 Å². The molecule has 0 atom stereocenters. The molecule has 2 aromatic heterocycles. The quantitative estimate of drug-likeness (QED) is 0.693. The third-order valence-electron chi connectivity index (χ3n) is 2.51. The second kappa shape index (κ2) is 3.42. The molecule has 15 heavy (non-hydrogen) atoms. The number of fused-ring (bicyclic) bond motifs is 1. The van der Waals surface area contributed by atoms with Gasteiger partial charge in [-0.25, -0.2) is 0 Å². The summed E-state index contributed by atoms with van der Waals surface area (Å²) in [5, 5.41) is 0. The van der Waals surface area contributed by atoms with E-state index in [9.17, 15) is 4.79 Å². The van der Waals surface area contributed by atoms with Crippen LogP contribution in [0.3, 0.4) is 0 Å². The smallest absolute Gasteiger partial charge is 0.253 e. The summed E-state index contributed by atoms with van der Waals surface area (Å²) >= 11 is 0. The highest BCUT2D eigenvalue weighted by Gasteiger charge is 2.08. The number of aromatic nitrogens is 1. The van der Waals surface area contributed by atoms with Gasteiger partial charge in [-0.1, -0.05) is 0 Å². The molecular formula is C12H14N2O. The highest BCUT2D eigenvalue weighted by molar-refractivity contribution is 5.94. The molecule has 0 radical (unpaired) electrons. The van der Waals surface area contributed by atoms with Crippen LogP contribution < -0.4 is 0 Å². The van der Waals surface area contributed by atoms with Gasteiger partial charge in [0.2, 0.25) is 0 Å². The van der Waals surface area contributed by atoms with Gasteiger partial charge in [0.15, 0.2) is 0 Å². The van der Waals surface area contributed by atoms with Gasteiger partial charge in [-0.15, -0.1) is 0 Å². The Morgan fingerprint density at radius 2 is 2.00 bits per heavy atom. The van der Waals surface area contributed by atoms with Crippen molar-refractivity contribution in [2.45, 2.75) is 6.92 Å². The lowest BCUT2D eigenvalue weighted by Crippen LogP contribution is -2.21. The van der Waals surface area contributed by atoms with Crippen molar-refractivity contribution in [1.29, 1.82) is 0 Å². The van der Waals surface area contributed by atoms with Crippen molar-refractivity contribution in [3.63, 3.8) is 0 Å². The van der Waals surface area contributed by atoms with Crippen LogP contribution in [0.5, 0.6) is 0 Å². The summed E-state index contributed by atoms with van der Waals surface area (Å²) in [4.78, 5) is 13.3. The number of amides is 1. The number of aryl methyl sites for hydroxylation is 1. The standard InChI is InChI=1S/C12H14N2O/c1-9-4-5-11-8-10(6-7-14(9)11)12(15)13(2)3/h4-8H,1-3H3. The third kappa shape index (κ3) is 1.61. The summed E-state index contributed by atoms with van der Waals surface area (Å²) < 4.78 is 2.06. The minimum atomic E-state index is 0.0383. The van der Waals surface area contributed by atoms with Crippen LogP contribution in [0.4, 0.5) is 0 Å². The molecule has 0 spiro atoms. The number of carbonyl (C=O) groups is 1. The van der Waals surface area contributed by atoms with Crippen LogP contribution in [0.15, 0.2) is 30.5 Å². The second-order valence-electron chi connectivity index (χ2n) is 3.88. The molecule has 0 aromatic carbocycles. The molecule has 3 nitrogen and oxygen atoms in total. The molecule has 0 unspecified atom stereocenters. The first-order chi connectivity index (χ1) is 7.09. The third-order valence-corrected chi connectivity index (χ3v) is 2.51. The zero-order valence-corrected chi connectivity index (χ0v) is 9.19. The highest BCUT2D eigenvalue weighted by Crippen LogP contribution is 2.12. The first kappa shape index (κ1) is 9.77. The lowest BCUT2D eigenvalue weighted by Gasteiger charge is -2.10. The molecule has 0 bridgehead atoms. The molecule has 3 heteroatoms. The number of carbonyl (C=O) groups excluding carboxylic acids is 1.